The van der Waals surface area contributed by atoms with Crippen LogP contribution in [0.5, 0.6) is 0 Å². The summed E-state index contributed by atoms with van der Waals surface area (Å²) in [5.74, 6) is -4.41. The molecule has 516 valence electrons. The van der Waals surface area contributed by atoms with Crippen molar-refractivity contribution in [2.75, 3.05) is 34.5 Å². The zero-order valence-corrected chi connectivity index (χ0v) is 53.6. The molecule has 5 aliphatic heterocycles. The summed E-state index contributed by atoms with van der Waals surface area (Å²) in [5.41, 5.74) is 12.4. The van der Waals surface area contributed by atoms with E-state index in [9.17, 15) is 34.3 Å². The van der Waals surface area contributed by atoms with E-state index in [-0.39, 0.29) is 44.0 Å². The summed E-state index contributed by atoms with van der Waals surface area (Å²) in [7, 11) is 3.58. The molecule has 0 saturated carbocycles. The van der Waals surface area contributed by atoms with Crippen LogP contribution in [-0.4, -0.2) is 187 Å². The van der Waals surface area contributed by atoms with Gasteiger partial charge >= 0.3 is 36.1 Å². The van der Waals surface area contributed by atoms with Crippen molar-refractivity contribution >= 4 is 36.1 Å². The highest BCUT2D eigenvalue weighted by atomic mass is 16.8. The summed E-state index contributed by atoms with van der Waals surface area (Å²) in [5, 5.41) is 6.81. The highest BCUT2D eigenvalue weighted by Gasteiger charge is 2.62. The first-order valence-electron chi connectivity index (χ1n) is 31.4. The number of nitrogens with one attached hydrogen (secondary N) is 1. The molecule has 5 heterocycles. The molecule has 0 bridgehead atoms. The lowest BCUT2D eigenvalue weighted by atomic mass is 9.89. The van der Waals surface area contributed by atoms with Gasteiger partial charge in [-0.2, -0.15) is 0 Å². The fourth-order valence-corrected chi connectivity index (χ4v) is 12.0. The Kier molecular flexibility index (Phi) is 25.1. The van der Waals surface area contributed by atoms with E-state index in [1.165, 1.54) is 32.4 Å². The van der Waals surface area contributed by atoms with Crippen molar-refractivity contribution < 1.29 is 114 Å². The Labute approximate surface area is 558 Å². The molecule has 0 aromatic heterocycles. The van der Waals surface area contributed by atoms with E-state index >= 15 is 0 Å². The van der Waals surface area contributed by atoms with Gasteiger partial charge in [0.2, 0.25) is 0 Å². The molecule has 5 fully saturated rings. The largest absolute Gasteiger partial charge is 0.509 e. The van der Waals surface area contributed by atoms with Crippen molar-refractivity contribution in [1.82, 2.24) is 5.32 Å². The van der Waals surface area contributed by atoms with Gasteiger partial charge in [-0.25, -0.2) is 28.8 Å². The summed E-state index contributed by atoms with van der Waals surface area (Å²) < 4.78 is 113. The lowest BCUT2D eigenvalue weighted by Gasteiger charge is -2.50. The maximum Gasteiger partial charge on any atom is 0.509 e. The number of azide groups is 1. The van der Waals surface area contributed by atoms with E-state index in [1.54, 1.807) is 117 Å². The maximum absolute atomic E-state index is 14.8. The molecule has 5 aliphatic rings. The van der Waals surface area contributed by atoms with E-state index in [0.29, 0.717) is 11.1 Å². The van der Waals surface area contributed by atoms with Crippen LogP contribution >= 0.6 is 0 Å². The topological polar surface area (TPSA) is 329 Å². The summed E-state index contributed by atoms with van der Waals surface area (Å²) in [6, 6.07) is 40.3. The molecule has 28 heteroatoms. The van der Waals surface area contributed by atoms with Crippen LogP contribution in [0.25, 0.3) is 10.4 Å². The Hall–Kier alpha value is -8.87. The first-order chi connectivity index (χ1) is 47.2. The fraction of sp³-hybridized carbons (Fsp3) is 0.449. The molecule has 20 atom stereocenters. The van der Waals surface area contributed by atoms with Crippen LogP contribution in [0.3, 0.4) is 0 Å². The highest BCUT2D eigenvalue weighted by molar-refractivity contribution is 5.90. The maximum atomic E-state index is 14.8. The normalized spacial score (nSPS) is 30.5. The third-order valence-electron chi connectivity index (χ3n) is 16.8. The number of rotatable bonds is 28. The molecular formula is C69H76N4O24. The summed E-state index contributed by atoms with van der Waals surface area (Å²) in [6.07, 6.45) is -26.5. The van der Waals surface area contributed by atoms with Crippen LogP contribution in [0.1, 0.15) is 57.7 Å². The smallest absolute Gasteiger partial charge is 0.467 e. The first kappa shape index (κ1) is 70.9. The molecular weight excluding hydrogens is 1270 g/mol. The molecule has 0 radical (unpaired) electrons. The van der Waals surface area contributed by atoms with Crippen LogP contribution in [0.4, 0.5) is 9.59 Å². The Bertz CT molecular complexity index is 3450. The highest BCUT2D eigenvalue weighted by Crippen LogP contribution is 2.42. The minimum absolute atomic E-state index is 0.0156. The van der Waals surface area contributed by atoms with E-state index < -0.39 is 165 Å². The Morgan fingerprint density at radius 1 is 0.557 bits per heavy atom. The minimum Gasteiger partial charge on any atom is -0.467 e. The number of fused-ring (bicyclic) bond motifs is 1. The zero-order chi connectivity index (χ0) is 68.4. The molecule has 5 aromatic carbocycles. The summed E-state index contributed by atoms with van der Waals surface area (Å²) in [6.45, 7) is 5.83. The molecule has 8 unspecified atom stereocenters. The third kappa shape index (κ3) is 17.5. The van der Waals surface area contributed by atoms with Gasteiger partial charge in [0.15, 0.2) is 55.7 Å². The van der Waals surface area contributed by atoms with E-state index in [1.807, 2.05) is 36.4 Å². The SMILES string of the molecule is C=CCOC(=O)OC1[C@H](O[C@H]2C(CC)O[C@@H](O[C@H]3C(C(=O)OC)O[C@@H](O[C@H]4C(COC(=O)c5ccccc5)O[C@@H](OC)C(N=[N+]=[N-])[C@H]4OCc4ccccc4)C(OC(=O)c4ccccc4)[C@@H]3OCc3ccccc3)[C@@H]3NC(=O)OC23)OC(C(=O)OC)[C@H](C)[C@@H]1OCc1ccccc1. The second kappa shape index (κ2) is 34.4. The molecule has 10 rings (SSSR count). The lowest BCUT2D eigenvalue weighted by Crippen LogP contribution is -2.69. The molecule has 97 heavy (non-hydrogen) atoms. The molecule has 1 N–H and O–H groups in total. The number of esters is 4. The standard InChI is InChI=1S/C69H76N4O24/c1-7-34-83-69(79)97-58-49(84-35-40-24-14-9-15-25-40)39(3)50(62(76)80-4)91-66(58)92-51-45(8-2)88-65(47-54(51)96-68(78)71-47)94-56-55(86-37-42-28-18-11-19-29-42)59(90-61(75)44-32-22-13-23-33-44)67(95-57(56)63(77)81-5)93-52-46(38-87-60(74)43-30-20-12-21-31-43)89-64(82-6)48(72-73-70)53(52)85-36-41-26-16-10-17-27-41/h7,9-33,39,45-59,64-67H,1,8,34-38H2,2-6H3,(H,71,78)/t39-,45?,46?,47-,48?,49+,50?,51+,52+,53-,54?,55-,56-,57?,58?,59?,64-,65+,66+,67-/m1/s1. The van der Waals surface area contributed by atoms with Crippen molar-refractivity contribution in [3.8, 4) is 0 Å². The number of alkyl carbamates (subject to hydrolysis) is 1. The monoisotopic (exact) mass is 1340 g/mol. The Morgan fingerprint density at radius 3 is 1.60 bits per heavy atom. The van der Waals surface area contributed by atoms with Gasteiger partial charge in [0, 0.05) is 17.9 Å². The quantitative estimate of drug-likeness (QED) is 0.0125. The van der Waals surface area contributed by atoms with Gasteiger partial charge in [0.1, 0.15) is 68.0 Å². The van der Waals surface area contributed by atoms with Gasteiger partial charge in [-0.15, -0.1) is 0 Å². The molecule has 0 aliphatic carbocycles. The summed E-state index contributed by atoms with van der Waals surface area (Å²) >= 11 is 0. The number of amides is 1. The van der Waals surface area contributed by atoms with Gasteiger partial charge in [0.05, 0.1) is 51.3 Å². The van der Waals surface area contributed by atoms with Crippen LogP contribution in [0.15, 0.2) is 169 Å². The lowest BCUT2D eigenvalue weighted by molar-refractivity contribution is -0.370. The van der Waals surface area contributed by atoms with E-state index in [0.717, 1.165) is 12.7 Å². The number of benzene rings is 5. The van der Waals surface area contributed by atoms with Gasteiger partial charge in [-0.3, -0.25) is 0 Å². The van der Waals surface area contributed by atoms with Gasteiger partial charge in [0.25, 0.3) is 0 Å². The van der Waals surface area contributed by atoms with E-state index in [4.69, 9.17) is 85.3 Å². The minimum atomic E-state index is -1.93. The van der Waals surface area contributed by atoms with Crippen molar-refractivity contribution in [3.63, 3.8) is 0 Å². The number of hydrogen-bond acceptors (Lipinski definition) is 25. The average Bonchev–Trinajstić information content (AvgIpc) is 1.74. The number of ether oxygens (including phenoxy) is 18. The molecule has 5 saturated heterocycles. The fourth-order valence-electron chi connectivity index (χ4n) is 12.0. The number of hydrogen-bond donors (Lipinski definition) is 1. The van der Waals surface area contributed by atoms with Crippen molar-refractivity contribution in [2.24, 2.45) is 11.0 Å². The number of carbonyl (C=O) groups is 6. The Balaban J connectivity index is 1.03. The van der Waals surface area contributed by atoms with Crippen molar-refractivity contribution in [2.45, 2.75) is 157 Å². The number of nitrogens with zero attached hydrogens (tertiary/aromatic N) is 3. The summed E-state index contributed by atoms with van der Waals surface area (Å²) in [4.78, 5) is 87.3. The second-order valence-corrected chi connectivity index (χ2v) is 22.9. The van der Waals surface area contributed by atoms with Gasteiger partial charge in [-0.1, -0.05) is 159 Å². The van der Waals surface area contributed by atoms with Crippen LogP contribution in [0, 0.1) is 5.92 Å². The second-order valence-electron chi connectivity index (χ2n) is 22.9. The average molecular weight is 1350 g/mol. The van der Waals surface area contributed by atoms with Crippen molar-refractivity contribution in [3.05, 3.63) is 203 Å². The molecule has 1 amide bonds. The third-order valence-corrected chi connectivity index (χ3v) is 16.8. The van der Waals surface area contributed by atoms with Crippen LogP contribution < -0.4 is 5.32 Å². The van der Waals surface area contributed by atoms with Gasteiger partial charge < -0.3 is 90.6 Å². The first-order valence-corrected chi connectivity index (χ1v) is 31.4. The van der Waals surface area contributed by atoms with Crippen LogP contribution in [0.2, 0.25) is 0 Å². The molecule has 28 nitrogen and oxygen atoms in total. The van der Waals surface area contributed by atoms with Crippen molar-refractivity contribution in [1.29, 1.82) is 0 Å². The Morgan fingerprint density at radius 2 is 1.05 bits per heavy atom. The van der Waals surface area contributed by atoms with Gasteiger partial charge in [-0.05, 0) is 52.9 Å². The van der Waals surface area contributed by atoms with Crippen LogP contribution in [-0.2, 0) is 115 Å². The van der Waals surface area contributed by atoms with E-state index in [2.05, 4.69) is 21.9 Å². The zero-order valence-electron chi connectivity index (χ0n) is 53.6. The number of methoxy groups -OCH3 is 3. The predicted octanol–water partition coefficient (Wildman–Crippen LogP) is 7.78. The predicted molar refractivity (Wildman–Crippen MR) is 334 cm³/mol. The molecule has 0 spiro atoms. The number of carbonyl (C=O) groups excluding carboxylic acids is 6. The molecule has 5 aromatic rings.